The van der Waals surface area contributed by atoms with Gasteiger partial charge in [-0.3, -0.25) is 4.68 Å². The quantitative estimate of drug-likeness (QED) is 0.749. The van der Waals surface area contributed by atoms with E-state index >= 15 is 0 Å². The minimum Gasteiger partial charge on any atom is -0.275 e. The molecule has 0 N–H and O–H groups in total. The summed E-state index contributed by atoms with van der Waals surface area (Å²) in [7, 11) is -0.328. The molecular weight excluding hydrogens is 228 g/mol. The van der Waals surface area contributed by atoms with Gasteiger partial charge < -0.3 is 0 Å². The van der Waals surface area contributed by atoms with E-state index in [-0.39, 0.29) is 6.54 Å². The Balaban J connectivity index is 2.81. The van der Waals surface area contributed by atoms with E-state index in [1.54, 1.807) is 30.2 Å². The van der Waals surface area contributed by atoms with Crippen molar-refractivity contribution in [3.63, 3.8) is 0 Å². The lowest BCUT2D eigenvalue weighted by molar-refractivity contribution is 0.463. The lowest BCUT2D eigenvalue weighted by Crippen LogP contribution is -2.33. The summed E-state index contributed by atoms with van der Waals surface area (Å²) in [6.07, 6.45) is 3.34. The Morgan fingerprint density at radius 2 is 2.31 bits per heavy atom. The Morgan fingerprint density at radius 3 is 2.75 bits per heavy atom. The molecule has 0 spiro atoms. The van der Waals surface area contributed by atoms with Crippen LogP contribution >= 0.6 is 0 Å². The molecule has 7 heteroatoms. The van der Waals surface area contributed by atoms with E-state index < -0.39 is 15.3 Å². The van der Waals surface area contributed by atoms with Crippen LogP contribution in [-0.2, 0) is 23.6 Å². The van der Waals surface area contributed by atoms with E-state index in [9.17, 15) is 8.42 Å². The van der Waals surface area contributed by atoms with E-state index in [0.29, 0.717) is 0 Å². The highest BCUT2D eigenvalue weighted by molar-refractivity contribution is 7.89. The lowest BCUT2D eigenvalue weighted by Gasteiger charge is -2.17. The number of sulfonamides is 1. The highest BCUT2D eigenvalue weighted by atomic mass is 32.2. The van der Waals surface area contributed by atoms with Gasteiger partial charge in [0.05, 0.1) is 12.3 Å². The maximum atomic E-state index is 11.7. The van der Waals surface area contributed by atoms with Crippen molar-refractivity contribution in [2.24, 2.45) is 7.05 Å². The first-order valence-electron chi connectivity index (χ1n) is 4.70. The average Bonchev–Trinajstić information content (AvgIpc) is 2.62. The fourth-order valence-corrected chi connectivity index (χ4v) is 2.24. The van der Waals surface area contributed by atoms with Crippen LogP contribution in [0.2, 0.25) is 0 Å². The average molecular weight is 242 g/mol. The maximum absolute atomic E-state index is 11.7. The van der Waals surface area contributed by atoms with Gasteiger partial charge >= 0.3 is 0 Å². The minimum absolute atomic E-state index is 0.224. The van der Waals surface area contributed by atoms with Gasteiger partial charge in [0.15, 0.2) is 5.25 Å². The van der Waals surface area contributed by atoms with Crippen LogP contribution in [0.5, 0.6) is 0 Å². The van der Waals surface area contributed by atoms with Crippen molar-refractivity contribution in [3.05, 3.63) is 18.0 Å². The van der Waals surface area contributed by atoms with E-state index in [4.69, 9.17) is 5.26 Å². The van der Waals surface area contributed by atoms with Crippen molar-refractivity contribution < 1.29 is 8.42 Å². The predicted octanol–water partition coefficient (Wildman–Crippen LogP) is 0.0938. The summed E-state index contributed by atoms with van der Waals surface area (Å²) in [4.78, 5) is 0. The van der Waals surface area contributed by atoms with Crippen molar-refractivity contribution in [2.45, 2.75) is 18.7 Å². The first-order valence-corrected chi connectivity index (χ1v) is 6.20. The van der Waals surface area contributed by atoms with Gasteiger partial charge in [0.1, 0.15) is 0 Å². The largest absolute Gasteiger partial charge is 0.275 e. The third-order valence-corrected chi connectivity index (χ3v) is 4.22. The predicted molar refractivity (Wildman–Crippen MR) is 58.7 cm³/mol. The van der Waals surface area contributed by atoms with Crippen molar-refractivity contribution in [1.82, 2.24) is 14.1 Å². The van der Waals surface area contributed by atoms with Gasteiger partial charge in [-0.05, 0) is 6.92 Å². The molecule has 0 radical (unpaired) electrons. The molecule has 0 fully saturated rings. The number of aromatic nitrogens is 2. The van der Waals surface area contributed by atoms with Crippen LogP contribution in [0.25, 0.3) is 0 Å². The lowest BCUT2D eigenvalue weighted by atomic mass is 10.4. The molecule has 16 heavy (non-hydrogen) atoms. The summed E-state index contributed by atoms with van der Waals surface area (Å²) in [6.45, 7) is 1.59. The molecule has 0 bridgehead atoms. The molecule has 1 aromatic rings. The monoisotopic (exact) mass is 242 g/mol. The molecule has 1 rings (SSSR count). The molecule has 6 nitrogen and oxygen atoms in total. The Bertz CT molecular complexity index is 500. The fraction of sp³-hybridized carbons (Fsp3) is 0.556. The summed E-state index contributed by atoms with van der Waals surface area (Å²) < 4.78 is 26.3. The molecule has 1 heterocycles. The number of nitrogens with zero attached hydrogens (tertiary/aromatic N) is 4. The standard InChI is InChI=1S/C9H14N4O2S/c1-8(4-10)16(14,15)13(3)7-9-5-11-12(2)6-9/h5-6,8H,7H2,1-3H3. The Morgan fingerprint density at radius 1 is 1.69 bits per heavy atom. The van der Waals surface area contributed by atoms with Crippen LogP contribution in [0, 0.1) is 11.3 Å². The summed E-state index contributed by atoms with van der Waals surface area (Å²) in [6, 6.07) is 1.73. The number of rotatable bonds is 4. The maximum Gasteiger partial charge on any atom is 0.230 e. The first kappa shape index (κ1) is 12.7. The first-order chi connectivity index (χ1) is 7.37. The van der Waals surface area contributed by atoms with Crippen LogP contribution in [0.1, 0.15) is 12.5 Å². The van der Waals surface area contributed by atoms with E-state index in [1.165, 1.54) is 14.0 Å². The highest BCUT2D eigenvalue weighted by Crippen LogP contribution is 2.10. The molecule has 0 saturated carbocycles. The Kier molecular flexibility index (Phi) is 3.67. The Hall–Kier alpha value is -1.39. The minimum atomic E-state index is -3.54. The van der Waals surface area contributed by atoms with Gasteiger partial charge in [-0.2, -0.15) is 14.7 Å². The molecule has 88 valence electrons. The summed E-state index contributed by atoms with van der Waals surface area (Å²) in [5.41, 5.74) is 0.790. The van der Waals surface area contributed by atoms with Crippen molar-refractivity contribution in [2.75, 3.05) is 7.05 Å². The van der Waals surface area contributed by atoms with Gasteiger partial charge in [0.25, 0.3) is 0 Å². The zero-order chi connectivity index (χ0) is 12.3. The number of nitriles is 1. The second kappa shape index (κ2) is 4.63. The van der Waals surface area contributed by atoms with Gasteiger partial charge in [0, 0.05) is 32.4 Å². The number of hydrogen-bond acceptors (Lipinski definition) is 4. The van der Waals surface area contributed by atoms with Crippen molar-refractivity contribution >= 4 is 10.0 Å². The molecule has 0 aliphatic rings. The topological polar surface area (TPSA) is 79.0 Å². The van der Waals surface area contributed by atoms with Gasteiger partial charge in [-0.15, -0.1) is 0 Å². The summed E-state index contributed by atoms with van der Waals surface area (Å²) in [5.74, 6) is 0. The second-order valence-corrected chi connectivity index (χ2v) is 5.95. The van der Waals surface area contributed by atoms with Gasteiger partial charge in [-0.1, -0.05) is 0 Å². The fourth-order valence-electron chi connectivity index (χ4n) is 1.24. The molecular formula is C9H14N4O2S. The molecule has 0 saturated heterocycles. The molecule has 0 aliphatic heterocycles. The third-order valence-electron chi connectivity index (χ3n) is 2.23. The molecule has 0 aliphatic carbocycles. The second-order valence-electron chi connectivity index (χ2n) is 3.59. The third kappa shape index (κ3) is 2.59. The number of hydrogen-bond donors (Lipinski definition) is 0. The molecule has 0 amide bonds. The zero-order valence-electron chi connectivity index (χ0n) is 9.45. The van der Waals surface area contributed by atoms with Gasteiger partial charge in [0.2, 0.25) is 10.0 Å². The zero-order valence-corrected chi connectivity index (χ0v) is 10.3. The Labute approximate surface area is 95.1 Å². The van der Waals surface area contributed by atoms with E-state index in [0.717, 1.165) is 9.87 Å². The smallest absolute Gasteiger partial charge is 0.230 e. The van der Waals surface area contributed by atoms with Crippen LogP contribution in [0.15, 0.2) is 12.4 Å². The molecule has 0 aromatic carbocycles. The molecule has 1 aromatic heterocycles. The highest BCUT2D eigenvalue weighted by Gasteiger charge is 2.25. The molecule has 1 atom stereocenters. The van der Waals surface area contributed by atoms with Crippen LogP contribution in [0.3, 0.4) is 0 Å². The van der Waals surface area contributed by atoms with Crippen molar-refractivity contribution in [1.29, 1.82) is 5.26 Å². The van der Waals surface area contributed by atoms with E-state index in [1.807, 2.05) is 0 Å². The number of aryl methyl sites for hydroxylation is 1. The van der Waals surface area contributed by atoms with Crippen molar-refractivity contribution in [3.8, 4) is 6.07 Å². The SMILES string of the molecule is CC(C#N)S(=O)(=O)N(C)Cc1cnn(C)c1. The van der Waals surface area contributed by atoms with Crippen LogP contribution < -0.4 is 0 Å². The molecule has 1 unspecified atom stereocenters. The summed E-state index contributed by atoms with van der Waals surface area (Å²) in [5, 5.41) is 11.5. The van der Waals surface area contributed by atoms with E-state index in [2.05, 4.69) is 5.10 Å². The van der Waals surface area contributed by atoms with Gasteiger partial charge in [-0.25, -0.2) is 8.42 Å². The van der Waals surface area contributed by atoms with Crippen LogP contribution in [-0.4, -0.2) is 34.8 Å². The van der Waals surface area contributed by atoms with Crippen LogP contribution in [0.4, 0.5) is 0 Å². The summed E-state index contributed by atoms with van der Waals surface area (Å²) >= 11 is 0. The normalized spacial score (nSPS) is 13.7.